The molecule has 2 aromatic heterocycles. The molecule has 0 aliphatic heterocycles. The fourth-order valence-corrected chi connectivity index (χ4v) is 9.43. The predicted octanol–water partition coefficient (Wildman–Crippen LogP) is 14.4. The SMILES string of the molecule is c1ccc(-c2ccc(-c3c4ccccc4c(-c4ccc5c(c4)sc4c5ccc5c4oc4ccc6ccccc6c45)c4ccccc34)cc2)cc1. The second kappa shape index (κ2) is 10.6. The molecule has 11 rings (SSSR count). The lowest BCUT2D eigenvalue weighted by Crippen LogP contribution is -1.90. The van der Waals surface area contributed by atoms with Gasteiger partial charge in [0, 0.05) is 26.2 Å². The zero-order valence-electron chi connectivity index (χ0n) is 27.0. The van der Waals surface area contributed by atoms with E-state index in [0.717, 1.165) is 11.2 Å². The minimum Gasteiger partial charge on any atom is -0.455 e. The Morgan fingerprint density at radius 3 is 1.62 bits per heavy atom. The third kappa shape index (κ3) is 4.00. The summed E-state index contributed by atoms with van der Waals surface area (Å²) in [7, 11) is 0. The number of hydrogen-bond acceptors (Lipinski definition) is 2. The van der Waals surface area contributed by atoms with Gasteiger partial charge in [-0.25, -0.2) is 0 Å². The summed E-state index contributed by atoms with van der Waals surface area (Å²) in [4.78, 5) is 0. The standard InChI is InChI=1S/C48H28OS/c1-2-10-29(11-3-1)30-18-20-32(21-19-30)44-36-14-6-8-16-38(36)45(39-17-9-7-15-37(39)44)33-22-24-35-40-25-26-41-46-34-13-5-4-12-31(34)23-27-42(46)49-47(41)48(40)50-43(35)28-33/h1-28H. The molecule has 0 atom stereocenters. The van der Waals surface area contributed by atoms with E-state index in [1.54, 1.807) is 0 Å². The van der Waals surface area contributed by atoms with Crippen molar-refractivity contribution in [3.8, 4) is 33.4 Å². The summed E-state index contributed by atoms with van der Waals surface area (Å²) in [5, 5.41) is 12.4. The number of fused-ring (bicyclic) bond motifs is 11. The van der Waals surface area contributed by atoms with E-state index in [1.165, 1.54) is 96.6 Å². The maximum atomic E-state index is 6.63. The first-order valence-electron chi connectivity index (χ1n) is 17.1. The largest absolute Gasteiger partial charge is 0.455 e. The van der Waals surface area contributed by atoms with Crippen molar-refractivity contribution in [1.29, 1.82) is 0 Å². The van der Waals surface area contributed by atoms with Crippen LogP contribution >= 0.6 is 11.3 Å². The summed E-state index contributed by atoms with van der Waals surface area (Å²) in [6.07, 6.45) is 0. The Morgan fingerprint density at radius 2 is 0.900 bits per heavy atom. The molecule has 0 spiro atoms. The van der Waals surface area contributed by atoms with Crippen LogP contribution in [-0.2, 0) is 0 Å². The molecule has 9 aromatic carbocycles. The van der Waals surface area contributed by atoms with Crippen LogP contribution < -0.4 is 0 Å². The highest BCUT2D eigenvalue weighted by atomic mass is 32.1. The summed E-state index contributed by atoms with van der Waals surface area (Å²) in [6, 6.07) is 61.9. The molecule has 0 radical (unpaired) electrons. The summed E-state index contributed by atoms with van der Waals surface area (Å²) in [5.41, 5.74) is 9.40. The molecule has 1 nitrogen and oxygen atoms in total. The van der Waals surface area contributed by atoms with E-state index < -0.39 is 0 Å². The van der Waals surface area contributed by atoms with Crippen molar-refractivity contribution in [3.63, 3.8) is 0 Å². The first kappa shape index (κ1) is 27.7. The molecule has 0 bridgehead atoms. The summed E-state index contributed by atoms with van der Waals surface area (Å²) in [6.45, 7) is 0. The van der Waals surface area contributed by atoms with E-state index >= 15 is 0 Å². The van der Waals surface area contributed by atoms with Crippen molar-refractivity contribution in [3.05, 3.63) is 170 Å². The van der Waals surface area contributed by atoms with E-state index in [1.807, 2.05) is 11.3 Å². The minimum absolute atomic E-state index is 0.942. The second-order valence-electron chi connectivity index (χ2n) is 13.2. The van der Waals surface area contributed by atoms with Crippen molar-refractivity contribution in [2.75, 3.05) is 0 Å². The molecule has 2 heterocycles. The number of furan rings is 1. The van der Waals surface area contributed by atoms with Crippen molar-refractivity contribution in [2.45, 2.75) is 0 Å². The molecule has 0 unspecified atom stereocenters. The van der Waals surface area contributed by atoms with Crippen LogP contribution in [0.1, 0.15) is 0 Å². The first-order chi connectivity index (χ1) is 24.8. The molecule has 2 heteroatoms. The first-order valence-corrected chi connectivity index (χ1v) is 17.9. The molecular weight excluding hydrogens is 625 g/mol. The maximum absolute atomic E-state index is 6.63. The van der Waals surface area contributed by atoms with Gasteiger partial charge in [0.05, 0.1) is 4.70 Å². The van der Waals surface area contributed by atoms with E-state index in [2.05, 4.69) is 170 Å². The van der Waals surface area contributed by atoms with Crippen molar-refractivity contribution in [2.24, 2.45) is 0 Å². The van der Waals surface area contributed by atoms with Gasteiger partial charge in [0.1, 0.15) is 5.58 Å². The highest BCUT2D eigenvalue weighted by Gasteiger charge is 2.19. The van der Waals surface area contributed by atoms with Gasteiger partial charge in [-0.3, -0.25) is 0 Å². The van der Waals surface area contributed by atoms with Crippen LogP contribution in [0.25, 0.3) is 108 Å². The summed E-state index contributed by atoms with van der Waals surface area (Å²) in [5.74, 6) is 0. The maximum Gasteiger partial charge on any atom is 0.153 e. The van der Waals surface area contributed by atoms with Crippen molar-refractivity contribution in [1.82, 2.24) is 0 Å². The second-order valence-corrected chi connectivity index (χ2v) is 14.2. The Bertz CT molecular complexity index is 3070. The topological polar surface area (TPSA) is 13.1 Å². The van der Waals surface area contributed by atoms with Crippen LogP contribution in [0, 0.1) is 0 Å². The number of benzene rings is 9. The molecule has 0 saturated heterocycles. The van der Waals surface area contributed by atoms with Crippen molar-refractivity contribution < 1.29 is 4.42 Å². The molecule has 0 saturated carbocycles. The van der Waals surface area contributed by atoms with Gasteiger partial charge in [-0.2, -0.15) is 0 Å². The Labute approximate surface area is 292 Å². The van der Waals surface area contributed by atoms with Gasteiger partial charge in [-0.1, -0.05) is 152 Å². The molecule has 0 amide bonds. The van der Waals surface area contributed by atoms with Gasteiger partial charge in [0.2, 0.25) is 0 Å². The third-order valence-corrected chi connectivity index (χ3v) is 11.6. The molecule has 0 N–H and O–H groups in total. The van der Waals surface area contributed by atoms with E-state index in [4.69, 9.17) is 4.42 Å². The average Bonchev–Trinajstić information content (AvgIpc) is 3.76. The number of hydrogen-bond donors (Lipinski definition) is 0. The lowest BCUT2D eigenvalue weighted by atomic mass is 9.85. The Hall–Kier alpha value is -6.22. The van der Waals surface area contributed by atoms with E-state index in [9.17, 15) is 0 Å². The molecule has 232 valence electrons. The fraction of sp³-hybridized carbons (Fsp3) is 0. The van der Waals surface area contributed by atoms with Gasteiger partial charge >= 0.3 is 0 Å². The van der Waals surface area contributed by atoms with Crippen LogP contribution in [0.15, 0.2) is 174 Å². The Morgan fingerprint density at radius 1 is 0.360 bits per heavy atom. The third-order valence-electron chi connectivity index (χ3n) is 10.5. The highest BCUT2D eigenvalue weighted by Crippen LogP contribution is 2.47. The lowest BCUT2D eigenvalue weighted by molar-refractivity contribution is 0.673. The van der Waals surface area contributed by atoms with Crippen LogP contribution in [-0.4, -0.2) is 0 Å². The predicted molar refractivity (Wildman–Crippen MR) is 215 cm³/mol. The molecule has 0 fully saturated rings. The summed E-state index contributed by atoms with van der Waals surface area (Å²) >= 11 is 1.84. The van der Waals surface area contributed by atoms with Crippen LogP contribution in [0.2, 0.25) is 0 Å². The van der Waals surface area contributed by atoms with Crippen LogP contribution in [0.3, 0.4) is 0 Å². The zero-order valence-corrected chi connectivity index (χ0v) is 27.8. The lowest BCUT2D eigenvalue weighted by Gasteiger charge is -2.18. The Balaban J connectivity index is 1.12. The smallest absolute Gasteiger partial charge is 0.153 e. The van der Waals surface area contributed by atoms with Crippen molar-refractivity contribution >= 4 is 85.8 Å². The van der Waals surface area contributed by atoms with Gasteiger partial charge < -0.3 is 4.42 Å². The minimum atomic E-state index is 0.942. The van der Waals surface area contributed by atoms with Gasteiger partial charge in [0.15, 0.2) is 5.58 Å². The van der Waals surface area contributed by atoms with Gasteiger partial charge in [0.25, 0.3) is 0 Å². The molecule has 0 aliphatic carbocycles. The van der Waals surface area contributed by atoms with Gasteiger partial charge in [-0.05, 0) is 83.9 Å². The van der Waals surface area contributed by atoms with Crippen LogP contribution in [0.4, 0.5) is 0 Å². The molecule has 50 heavy (non-hydrogen) atoms. The van der Waals surface area contributed by atoms with E-state index in [-0.39, 0.29) is 0 Å². The number of rotatable bonds is 3. The number of thiophene rings is 1. The molecular formula is C48H28OS. The van der Waals surface area contributed by atoms with Crippen LogP contribution in [0.5, 0.6) is 0 Å². The summed E-state index contributed by atoms with van der Waals surface area (Å²) < 4.78 is 9.11. The average molecular weight is 653 g/mol. The van der Waals surface area contributed by atoms with E-state index in [0.29, 0.717) is 0 Å². The zero-order chi connectivity index (χ0) is 32.8. The Kier molecular flexibility index (Phi) is 5.89. The molecule has 11 aromatic rings. The fourth-order valence-electron chi connectivity index (χ4n) is 8.20. The highest BCUT2D eigenvalue weighted by molar-refractivity contribution is 7.26. The normalized spacial score (nSPS) is 12.0. The monoisotopic (exact) mass is 652 g/mol. The quantitative estimate of drug-likeness (QED) is 0.173. The van der Waals surface area contributed by atoms with Gasteiger partial charge in [-0.15, -0.1) is 11.3 Å². The molecule has 0 aliphatic rings.